The number of sulfonamides is 1. The van der Waals surface area contributed by atoms with Gasteiger partial charge < -0.3 is 35.9 Å². The molecular formula is C30H43N5O7S. The van der Waals surface area contributed by atoms with Gasteiger partial charge in [0.25, 0.3) is 0 Å². The van der Waals surface area contributed by atoms with Gasteiger partial charge in [0.05, 0.1) is 30.7 Å². The van der Waals surface area contributed by atoms with E-state index in [4.69, 9.17) is 25.7 Å². The fraction of sp³-hybridized carbons (Fsp3) is 0.533. The Hall–Kier alpha value is -3.39. The lowest BCUT2D eigenvalue weighted by Gasteiger charge is -2.34. The van der Waals surface area contributed by atoms with E-state index in [0.717, 1.165) is 5.56 Å². The largest absolute Gasteiger partial charge is 0.444 e. The fourth-order valence-electron chi connectivity index (χ4n) is 5.16. The number of alkyl carbamates (subject to hydrolysis) is 1. The van der Waals surface area contributed by atoms with E-state index in [2.05, 4.69) is 5.32 Å². The maximum absolute atomic E-state index is 13.9. The van der Waals surface area contributed by atoms with Crippen molar-refractivity contribution in [3.63, 3.8) is 0 Å². The third-order valence-corrected chi connectivity index (χ3v) is 9.26. The zero-order chi connectivity index (χ0) is 31.0. The highest BCUT2D eigenvalue weighted by atomic mass is 32.2. The molecule has 2 aliphatic rings. The summed E-state index contributed by atoms with van der Waals surface area (Å²) < 4.78 is 46.1. The van der Waals surface area contributed by atoms with Gasteiger partial charge in [0, 0.05) is 37.8 Å². The van der Waals surface area contributed by atoms with Crippen LogP contribution in [-0.2, 0) is 30.7 Å². The van der Waals surface area contributed by atoms with E-state index in [0.29, 0.717) is 44.8 Å². The molecule has 2 amide bonds. The molecule has 0 bridgehead atoms. The number of nitrogens with two attached hydrogens (primary N) is 2. The Balaban J connectivity index is 1.67. The summed E-state index contributed by atoms with van der Waals surface area (Å²) in [7, 11) is -4.03. The summed E-state index contributed by atoms with van der Waals surface area (Å²) in [6, 6.07) is 14.3. The molecule has 2 aromatic rings. The molecule has 43 heavy (non-hydrogen) atoms. The highest BCUT2D eigenvalue weighted by molar-refractivity contribution is 7.89. The number of hydrogen-bond acceptors (Lipinski definition) is 9. The molecule has 2 aliphatic heterocycles. The number of nitrogens with zero attached hydrogens (tertiary/aromatic N) is 2. The molecule has 0 unspecified atom stereocenters. The van der Waals surface area contributed by atoms with Gasteiger partial charge in [-0.1, -0.05) is 44.2 Å². The Morgan fingerprint density at radius 2 is 1.81 bits per heavy atom. The fourth-order valence-corrected chi connectivity index (χ4v) is 6.77. The number of likely N-dealkylation sites (tertiary alicyclic amines) is 1. The van der Waals surface area contributed by atoms with Gasteiger partial charge in [-0.15, -0.1) is 0 Å². The molecule has 0 spiro atoms. The summed E-state index contributed by atoms with van der Waals surface area (Å²) in [5, 5.41) is 2.88. The van der Waals surface area contributed by atoms with Gasteiger partial charge in [0.1, 0.15) is 12.2 Å². The molecule has 0 aromatic heterocycles. The minimum Gasteiger partial charge on any atom is -0.444 e. The lowest BCUT2D eigenvalue weighted by atomic mass is 10.0. The highest BCUT2D eigenvalue weighted by Crippen LogP contribution is 2.22. The summed E-state index contributed by atoms with van der Waals surface area (Å²) in [5.74, 6) is -0.0515. The van der Waals surface area contributed by atoms with Crippen LogP contribution in [0, 0.1) is 5.92 Å². The Kier molecular flexibility index (Phi) is 11.2. The van der Waals surface area contributed by atoms with Crippen LogP contribution in [0.2, 0.25) is 0 Å². The van der Waals surface area contributed by atoms with Crippen molar-refractivity contribution < 1.29 is 32.2 Å². The second kappa shape index (κ2) is 14.9. The van der Waals surface area contributed by atoms with E-state index in [9.17, 15) is 18.0 Å². The molecular weight excluding hydrogens is 574 g/mol. The van der Waals surface area contributed by atoms with Gasteiger partial charge in [-0.3, -0.25) is 0 Å². The van der Waals surface area contributed by atoms with Gasteiger partial charge >= 0.3 is 12.2 Å². The Labute approximate surface area is 253 Å². The molecule has 0 saturated carbocycles. The van der Waals surface area contributed by atoms with Crippen molar-refractivity contribution in [2.24, 2.45) is 11.7 Å². The number of anilines is 1. The summed E-state index contributed by atoms with van der Waals surface area (Å²) >= 11 is 0. The maximum Gasteiger partial charge on any atom is 0.410 e. The lowest BCUT2D eigenvalue weighted by molar-refractivity contribution is 0.0324. The second-order valence-corrected chi connectivity index (χ2v) is 13.5. The smallest absolute Gasteiger partial charge is 0.410 e. The molecule has 4 rings (SSSR count). The van der Waals surface area contributed by atoms with Crippen LogP contribution in [0.4, 0.5) is 15.3 Å². The van der Waals surface area contributed by atoms with Gasteiger partial charge in [0.15, 0.2) is 0 Å². The Morgan fingerprint density at radius 3 is 2.42 bits per heavy atom. The van der Waals surface area contributed by atoms with E-state index in [1.165, 1.54) is 33.5 Å². The number of nitrogens with one attached hydrogen (secondary N) is 1. The van der Waals surface area contributed by atoms with Crippen molar-refractivity contribution in [3.8, 4) is 0 Å². The van der Waals surface area contributed by atoms with Crippen molar-refractivity contribution >= 4 is 27.9 Å². The molecule has 2 fully saturated rings. The molecule has 2 aromatic carbocycles. The van der Waals surface area contributed by atoms with Crippen LogP contribution in [0.15, 0.2) is 59.5 Å². The third-order valence-electron chi connectivity index (χ3n) is 7.42. The van der Waals surface area contributed by atoms with Crippen LogP contribution >= 0.6 is 0 Å². The quantitative estimate of drug-likeness (QED) is 0.303. The standard InChI is InChI=1S/C30H43N5O7S/c1-21(2)17-35(43(38,39)26-10-8-23(31)9-11-26)19-28(42-30(37)34-14-12-24(32)18-34)27(16-22-6-4-3-5-7-22)33-29(36)41-25-13-15-40-20-25/h3-11,21,24-25,27-28H,12-20,31-32H2,1-2H3,(H,33,36)/t24-,25+,27-,28+/m1/s1. The number of rotatable bonds is 12. The topological polar surface area (TPSA) is 167 Å². The molecule has 236 valence electrons. The van der Waals surface area contributed by atoms with Gasteiger partial charge in [-0.2, -0.15) is 4.31 Å². The first-order chi connectivity index (χ1) is 20.5. The predicted octanol–water partition coefficient (Wildman–Crippen LogP) is 2.58. The average Bonchev–Trinajstić information content (AvgIpc) is 3.64. The van der Waals surface area contributed by atoms with E-state index < -0.39 is 40.5 Å². The summed E-state index contributed by atoms with van der Waals surface area (Å²) in [6.45, 7) is 5.29. The molecule has 13 heteroatoms. The predicted molar refractivity (Wildman–Crippen MR) is 162 cm³/mol. The average molecular weight is 618 g/mol. The molecule has 12 nitrogen and oxygen atoms in total. The first-order valence-electron chi connectivity index (χ1n) is 14.7. The number of amides is 2. The Morgan fingerprint density at radius 1 is 1.09 bits per heavy atom. The first-order valence-corrected chi connectivity index (χ1v) is 16.1. The van der Waals surface area contributed by atoms with Crippen molar-refractivity contribution in [1.29, 1.82) is 0 Å². The van der Waals surface area contributed by atoms with Crippen molar-refractivity contribution in [3.05, 3.63) is 60.2 Å². The number of carbonyl (C=O) groups excluding carboxylic acids is 2. The zero-order valence-corrected chi connectivity index (χ0v) is 25.6. The zero-order valence-electron chi connectivity index (χ0n) is 24.8. The highest BCUT2D eigenvalue weighted by Gasteiger charge is 2.37. The van der Waals surface area contributed by atoms with Gasteiger partial charge in [0.2, 0.25) is 10.0 Å². The van der Waals surface area contributed by atoms with Crippen LogP contribution in [0.25, 0.3) is 0 Å². The molecule has 2 heterocycles. The molecule has 4 atom stereocenters. The number of hydrogen-bond donors (Lipinski definition) is 3. The second-order valence-electron chi connectivity index (χ2n) is 11.5. The van der Waals surface area contributed by atoms with E-state index >= 15 is 0 Å². The number of nitrogen functional groups attached to an aromatic ring is 1. The van der Waals surface area contributed by atoms with E-state index in [-0.39, 0.29) is 36.4 Å². The molecule has 5 N–H and O–H groups in total. The third kappa shape index (κ3) is 9.30. The van der Waals surface area contributed by atoms with Crippen LogP contribution in [0.3, 0.4) is 0 Å². The maximum atomic E-state index is 13.9. The van der Waals surface area contributed by atoms with Crippen LogP contribution < -0.4 is 16.8 Å². The summed E-state index contributed by atoms with van der Waals surface area (Å²) in [5.41, 5.74) is 13.1. The monoisotopic (exact) mass is 617 g/mol. The van der Waals surface area contributed by atoms with Gasteiger partial charge in [-0.05, 0) is 48.6 Å². The van der Waals surface area contributed by atoms with Crippen LogP contribution in [-0.4, -0.2) is 93.5 Å². The van der Waals surface area contributed by atoms with Crippen molar-refractivity contribution in [1.82, 2.24) is 14.5 Å². The summed E-state index contributed by atoms with van der Waals surface area (Å²) in [6.07, 6.45) is -1.32. The van der Waals surface area contributed by atoms with Crippen molar-refractivity contribution in [2.45, 2.75) is 62.3 Å². The van der Waals surface area contributed by atoms with Gasteiger partial charge in [-0.25, -0.2) is 18.0 Å². The van der Waals surface area contributed by atoms with E-state index in [1.54, 1.807) is 0 Å². The number of carbonyl (C=O) groups is 2. The molecule has 2 saturated heterocycles. The minimum atomic E-state index is -4.03. The van der Waals surface area contributed by atoms with E-state index in [1.807, 2.05) is 44.2 Å². The normalized spacial score (nSPS) is 20.3. The van der Waals surface area contributed by atoms with Crippen LogP contribution in [0.5, 0.6) is 0 Å². The lowest BCUT2D eigenvalue weighted by Crippen LogP contribution is -2.54. The Bertz CT molecular complexity index is 1300. The van der Waals surface area contributed by atoms with Crippen LogP contribution in [0.1, 0.15) is 32.3 Å². The molecule has 0 aliphatic carbocycles. The minimum absolute atomic E-state index is 0.0515. The van der Waals surface area contributed by atoms with Crippen molar-refractivity contribution in [2.75, 3.05) is 45.1 Å². The first kappa shape index (κ1) is 32.5. The SMILES string of the molecule is CC(C)CN(C[C@H](OC(=O)N1CC[C@@H](N)C1)[C@@H](Cc1ccccc1)NC(=O)O[C@H]1CCOC1)S(=O)(=O)c1ccc(N)cc1. The number of benzene rings is 2. The number of ether oxygens (including phenoxy) is 3. The summed E-state index contributed by atoms with van der Waals surface area (Å²) in [4.78, 5) is 28.1. The molecule has 0 radical (unpaired) electrons.